The fourth-order valence-electron chi connectivity index (χ4n) is 2.38. The van der Waals surface area contributed by atoms with Crippen molar-refractivity contribution < 1.29 is 9.50 Å². The maximum Gasteiger partial charge on any atom is 0.124 e. The fourth-order valence-corrected chi connectivity index (χ4v) is 3.48. The van der Waals surface area contributed by atoms with E-state index in [9.17, 15) is 9.50 Å². The summed E-state index contributed by atoms with van der Waals surface area (Å²) < 4.78 is 14.1. The van der Waals surface area contributed by atoms with Crippen LogP contribution in [-0.4, -0.2) is 5.11 Å². The zero-order valence-corrected chi connectivity index (χ0v) is 12.2. The van der Waals surface area contributed by atoms with Gasteiger partial charge in [0.2, 0.25) is 0 Å². The highest BCUT2D eigenvalue weighted by Gasteiger charge is 2.16. The molecule has 102 valence electrons. The third-order valence-corrected chi connectivity index (χ3v) is 4.86. The lowest BCUT2D eigenvalue weighted by Gasteiger charge is -2.13. The van der Waals surface area contributed by atoms with E-state index in [1.165, 1.54) is 23.5 Å². The highest BCUT2D eigenvalue weighted by Crippen LogP contribution is 2.35. The summed E-state index contributed by atoms with van der Waals surface area (Å²) >= 11 is 1.44. The summed E-state index contributed by atoms with van der Waals surface area (Å²) in [6, 6.07) is 12.6. The molecule has 0 radical (unpaired) electrons. The Labute approximate surface area is 121 Å². The molecule has 0 aliphatic heterocycles. The van der Waals surface area contributed by atoms with E-state index in [2.05, 4.69) is 0 Å². The molecular weight excluding hydrogens is 271 g/mol. The van der Waals surface area contributed by atoms with Crippen molar-refractivity contribution in [2.75, 3.05) is 0 Å². The Morgan fingerprint density at radius 2 is 1.90 bits per heavy atom. The predicted molar refractivity (Wildman–Crippen MR) is 81.8 cm³/mol. The number of rotatable bonds is 2. The van der Waals surface area contributed by atoms with Crippen LogP contribution >= 0.6 is 11.3 Å². The van der Waals surface area contributed by atoms with Gasteiger partial charge in [-0.15, -0.1) is 11.3 Å². The van der Waals surface area contributed by atoms with E-state index >= 15 is 0 Å². The summed E-state index contributed by atoms with van der Waals surface area (Å²) in [5.41, 5.74) is 3.18. The molecule has 1 unspecified atom stereocenters. The van der Waals surface area contributed by atoms with Crippen molar-refractivity contribution in [3.8, 4) is 0 Å². The lowest BCUT2D eigenvalue weighted by molar-refractivity contribution is 0.223. The second-order valence-corrected chi connectivity index (χ2v) is 6.14. The second kappa shape index (κ2) is 5.00. The number of aliphatic hydroxyl groups excluding tert-OH is 1. The minimum Gasteiger partial charge on any atom is -0.383 e. The van der Waals surface area contributed by atoms with Crippen molar-refractivity contribution in [1.29, 1.82) is 0 Å². The zero-order valence-electron chi connectivity index (χ0n) is 11.4. The van der Waals surface area contributed by atoms with Crippen LogP contribution in [0.1, 0.15) is 27.7 Å². The summed E-state index contributed by atoms with van der Waals surface area (Å²) in [5.74, 6) is -0.243. The van der Waals surface area contributed by atoms with Crippen molar-refractivity contribution in [2.45, 2.75) is 20.0 Å². The monoisotopic (exact) mass is 286 g/mol. The molecule has 0 amide bonds. The molecule has 0 saturated carbocycles. The van der Waals surface area contributed by atoms with E-state index < -0.39 is 6.10 Å². The summed E-state index contributed by atoms with van der Waals surface area (Å²) in [6.45, 7) is 4.05. The van der Waals surface area contributed by atoms with Crippen LogP contribution in [0.3, 0.4) is 0 Å². The van der Waals surface area contributed by atoms with Gasteiger partial charge in [-0.2, -0.15) is 0 Å². The zero-order chi connectivity index (χ0) is 14.3. The Hall–Kier alpha value is -1.71. The first-order chi connectivity index (χ1) is 9.56. The SMILES string of the molecule is Cc1cccc(C(O)c2cc3ccc(F)cc3s2)c1C. The van der Waals surface area contributed by atoms with Crippen LogP contribution in [-0.2, 0) is 0 Å². The number of hydrogen-bond donors (Lipinski definition) is 1. The smallest absolute Gasteiger partial charge is 0.124 e. The molecular formula is C17H15FOS. The van der Waals surface area contributed by atoms with Gasteiger partial charge in [-0.1, -0.05) is 24.3 Å². The number of aryl methyl sites for hydroxylation is 1. The number of hydrogen-bond acceptors (Lipinski definition) is 2. The lowest BCUT2D eigenvalue weighted by atomic mass is 9.98. The third kappa shape index (κ3) is 2.23. The van der Waals surface area contributed by atoms with Gasteiger partial charge in [0.25, 0.3) is 0 Å². The fraction of sp³-hybridized carbons (Fsp3) is 0.176. The molecule has 0 fully saturated rings. The standard InChI is InChI=1S/C17H15FOS/c1-10-4-3-5-14(11(10)2)17(19)16-8-12-6-7-13(18)9-15(12)20-16/h3-9,17,19H,1-2H3. The van der Waals surface area contributed by atoms with E-state index in [1.807, 2.05) is 38.1 Å². The van der Waals surface area contributed by atoms with E-state index in [-0.39, 0.29) is 5.82 Å². The minimum absolute atomic E-state index is 0.243. The summed E-state index contributed by atoms with van der Waals surface area (Å²) in [5, 5.41) is 11.6. The molecule has 0 spiro atoms. The first kappa shape index (κ1) is 13.3. The van der Waals surface area contributed by atoms with Crippen LogP contribution in [0.25, 0.3) is 10.1 Å². The molecule has 1 aromatic heterocycles. The van der Waals surface area contributed by atoms with Crippen LogP contribution in [0, 0.1) is 19.7 Å². The maximum atomic E-state index is 13.2. The molecule has 0 aliphatic rings. The van der Waals surface area contributed by atoms with Gasteiger partial charge >= 0.3 is 0 Å². The van der Waals surface area contributed by atoms with Crippen molar-refractivity contribution >= 4 is 21.4 Å². The largest absolute Gasteiger partial charge is 0.383 e. The topological polar surface area (TPSA) is 20.2 Å². The highest BCUT2D eigenvalue weighted by atomic mass is 32.1. The number of aliphatic hydroxyl groups is 1. The normalized spacial score (nSPS) is 12.8. The van der Waals surface area contributed by atoms with Gasteiger partial charge in [-0.05, 0) is 54.1 Å². The Morgan fingerprint density at radius 3 is 2.70 bits per heavy atom. The van der Waals surface area contributed by atoms with Crippen molar-refractivity contribution in [1.82, 2.24) is 0 Å². The molecule has 1 atom stereocenters. The third-order valence-electron chi connectivity index (χ3n) is 3.71. The van der Waals surface area contributed by atoms with Crippen LogP contribution in [0.5, 0.6) is 0 Å². The highest BCUT2D eigenvalue weighted by molar-refractivity contribution is 7.19. The van der Waals surface area contributed by atoms with Gasteiger partial charge in [-0.3, -0.25) is 0 Å². The number of thiophene rings is 1. The molecule has 3 heteroatoms. The second-order valence-electron chi connectivity index (χ2n) is 5.02. The van der Waals surface area contributed by atoms with Crippen LogP contribution in [0.2, 0.25) is 0 Å². The molecule has 20 heavy (non-hydrogen) atoms. The number of benzene rings is 2. The van der Waals surface area contributed by atoms with Crippen molar-refractivity contribution in [2.24, 2.45) is 0 Å². The summed E-state index contributed by atoms with van der Waals surface area (Å²) in [4.78, 5) is 0.847. The molecule has 2 aromatic carbocycles. The van der Waals surface area contributed by atoms with Gasteiger partial charge in [0.1, 0.15) is 11.9 Å². The van der Waals surface area contributed by atoms with Gasteiger partial charge in [0.15, 0.2) is 0 Å². The Balaban J connectivity index is 2.08. The van der Waals surface area contributed by atoms with Gasteiger partial charge < -0.3 is 5.11 Å². The van der Waals surface area contributed by atoms with Crippen LogP contribution < -0.4 is 0 Å². The van der Waals surface area contributed by atoms with Gasteiger partial charge in [0.05, 0.1) is 0 Å². The van der Waals surface area contributed by atoms with Crippen molar-refractivity contribution in [3.05, 3.63) is 69.8 Å². The average molecular weight is 286 g/mol. The molecule has 0 bridgehead atoms. The Kier molecular flexibility index (Phi) is 3.32. The van der Waals surface area contributed by atoms with E-state index in [4.69, 9.17) is 0 Å². The Bertz CT molecular complexity index is 776. The molecule has 0 aliphatic carbocycles. The van der Waals surface area contributed by atoms with E-state index in [0.717, 1.165) is 31.7 Å². The van der Waals surface area contributed by atoms with Crippen LogP contribution in [0.15, 0.2) is 42.5 Å². The maximum absolute atomic E-state index is 13.2. The molecule has 3 rings (SSSR count). The summed E-state index contributed by atoms with van der Waals surface area (Å²) in [7, 11) is 0. The first-order valence-electron chi connectivity index (χ1n) is 6.49. The summed E-state index contributed by atoms with van der Waals surface area (Å²) in [6.07, 6.45) is -0.657. The van der Waals surface area contributed by atoms with Gasteiger partial charge in [0, 0.05) is 9.58 Å². The van der Waals surface area contributed by atoms with Crippen molar-refractivity contribution in [3.63, 3.8) is 0 Å². The minimum atomic E-state index is -0.657. The van der Waals surface area contributed by atoms with Gasteiger partial charge in [-0.25, -0.2) is 4.39 Å². The molecule has 0 saturated heterocycles. The van der Waals surface area contributed by atoms with E-state index in [0.29, 0.717) is 0 Å². The average Bonchev–Trinajstić information content (AvgIpc) is 2.84. The first-order valence-corrected chi connectivity index (χ1v) is 7.31. The number of fused-ring (bicyclic) bond motifs is 1. The van der Waals surface area contributed by atoms with Crippen LogP contribution in [0.4, 0.5) is 4.39 Å². The molecule has 3 aromatic rings. The number of halogens is 1. The Morgan fingerprint density at radius 1 is 1.10 bits per heavy atom. The van der Waals surface area contributed by atoms with E-state index in [1.54, 1.807) is 6.07 Å². The molecule has 1 nitrogen and oxygen atoms in total. The molecule has 1 heterocycles. The quantitative estimate of drug-likeness (QED) is 0.721. The predicted octanol–water partition coefficient (Wildman–Crippen LogP) is 4.74. The molecule has 1 N–H and O–H groups in total. The lowest BCUT2D eigenvalue weighted by Crippen LogP contribution is -2.00.